The first-order chi connectivity index (χ1) is 12.6. The lowest BCUT2D eigenvalue weighted by molar-refractivity contribution is -0.383. The van der Waals surface area contributed by atoms with Crippen LogP contribution in [0.2, 0.25) is 0 Å². The molecule has 0 aliphatic rings. The van der Waals surface area contributed by atoms with Crippen LogP contribution in [0.5, 0.6) is 0 Å². The lowest BCUT2D eigenvalue weighted by atomic mass is 10.2. The monoisotopic (exact) mass is 354 g/mol. The zero-order chi connectivity index (χ0) is 18.4. The van der Waals surface area contributed by atoms with Gasteiger partial charge in [0, 0.05) is 19.2 Å². The predicted molar refractivity (Wildman–Crippen MR) is 98.2 cm³/mol. The summed E-state index contributed by atoms with van der Waals surface area (Å²) in [6.07, 6.45) is 1.96. The van der Waals surface area contributed by atoms with Crippen molar-refractivity contribution in [3.05, 3.63) is 74.8 Å². The Morgan fingerprint density at radius 1 is 1.23 bits per heavy atom. The fraction of sp³-hybridized carbons (Fsp3) is 0.222. The maximum atomic E-state index is 11.8. The van der Waals surface area contributed by atoms with Crippen LogP contribution in [0.15, 0.2) is 53.6 Å². The summed E-state index contributed by atoms with van der Waals surface area (Å²) in [5, 5.41) is 14.5. The van der Waals surface area contributed by atoms with Crippen molar-refractivity contribution in [3.63, 3.8) is 0 Å². The third kappa shape index (κ3) is 4.22. The van der Waals surface area contributed by atoms with E-state index in [1.54, 1.807) is 0 Å². The van der Waals surface area contributed by atoms with Crippen molar-refractivity contribution in [2.75, 3.05) is 18.5 Å². The summed E-state index contributed by atoms with van der Waals surface area (Å²) < 4.78 is 5.59. The quantitative estimate of drug-likeness (QED) is 0.366. The molecule has 0 aliphatic heterocycles. The molecular formula is C18H18N4O4. The van der Waals surface area contributed by atoms with Gasteiger partial charge in [0.1, 0.15) is 5.69 Å². The maximum Gasteiger partial charge on any atom is 0.293 e. The first-order valence-electron chi connectivity index (χ1n) is 8.16. The molecule has 0 saturated carbocycles. The number of hydrogen-bond acceptors (Lipinski definition) is 6. The minimum Gasteiger partial charge on any atom is -0.379 e. The van der Waals surface area contributed by atoms with Gasteiger partial charge in [-0.05, 0) is 18.1 Å². The van der Waals surface area contributed by atoms with E-state index in [0.29, 0.717) is 37.4 Å². The fourth-order valence-corrected chi connectivity index (χ4v) is 2.56. The molecule has 3 rings (SSSR count). The standard InChI is InChI=1S/C18H18N4O4/c23-18-14-9-17(22(24)25)16(10-15(14)20-12-21-18)19-7-4-8-26-11-13-5-2-1-3-6-13/h1-3,5-6,9-10,12,19H,4,7-8,11H2,(H,20,21,23). The van der Waals surface area contributed by atoms with Gasteiger partial charge in [0.25, 0.3) is 11.2 Å². The van der Waals surface area contributed by atoms with Gasteiger partial charge in [0.2, 0.25) is 0 Å². The molecule has 0 radical (unpaired) electrons. The molecule has 0 atom stereocenters. The Hall–Kier alpha value is -3.26. The zero-order valence-corrected chi connectivity index (χ0v) is 14.0. The fourth-order valence-electron chi connectivity index (χ4n) is 2.56. The number of nitro benzene ring substituents is 1. The number of nitrogens with zero attached hydrogens (tertiary/aromatic N) is 2. The average molecular weight is 354 g/mol. The van der Waals surface area contributed by atoms with E-state index >= 15 is 0 Å². The van der Waals surface area contributed by atoms with Gasteiger partial charge in [0.15, 0.2) is 0 Å². The van der Waals surface area contributed by atoms with E-state index in [2.05, 4.69) is 15.3 Å². The molecule has 8 nitrogen and oxygen atoms in total. The third-order valence-electron chi connectivity index (χ3n) is 3.85. The van der Waals surface area contributed by atoms with Crippen LogP contribution in [0.1, 0.15) is 12.0 Å². The first kappa shape index (κ1) is 17.6. The summed E-state index contributed by atoms with van der Waals surface area (Å²) in [5.74, 6) is 0. The van der Waals surface area contributed by atoms with E-state index in [0.717, 1.165) is 5.56 Å². The van der Waals surface area contributed by atoms with Crippen molar-refractivity contribution in [2.45, 2.75) is 13.0 Å². The van der Waals surface area contributed by atoms with E-state index < -0.39 is 10.5 Å². The Bertz CT molecular complexity index is 956. The van der Waals surface area contributed by atoms with Gasteiger partial charge in [-0.1, -0.05) is 30.3 Å². The molecule has 26 heavy (non-hydrogen) atoms. The van der Waals surface area contributed by atoms with Crippen LogP contribution in [0, 0.1) is 10.1 Å². The molecule has 8 heteroatoms. The van der Waals surface area contributed by atoms with E-state index in [4.69, 9.17) is 4.74 Å². The van der Waals surface area contributed by atoms with Crippen LogP contribution in [-0.4, -0.2) is 28.0 Å². The molecule has 0 bridgehead atoms. The highest BCUT2D eigenvalue weighted by molar-refractivity contribution is 5.86. The smallest absolute Gasteiger partial charge is 0.293 e. The summed E-state index contributed by atoms with van der Waals surface area (Å²) >= 11 is 0. The molecule has 2 N–H and O–H groups in total. The molecular weight excluding hydrogens is 336 g/mol. The first-order valence-corrected chi connectivity index (χ1v) is 8.16. The van der Waals surface area contributed by atoms with Gasteiger partial charge in [-0.25, -0.2) is 4.98 Å². The Labute approximate surface area is 149 Å². The summed E-state index contributed by atoms with van der Waals surface area (Å²) in [4.78, 5) is 29.0. The van der Waals surface area contributed by atoms with Gasteiger partial charge in [-0.3, -0.25) is 14.9 Å². The second-order valence-corrected chi connectivity index (χ2v) is 5.69. The molecule has 1 heterocycles. The van der Waals surface area contributed by atoms with Crippen molar-refractivity contribution in [2.24, 2.45) is 0 Å². The molecule has 0 spiro atoms. The molecule has 0 saturated heterocycles. The number of rotatable bonds is 8. The van der Waals surface area contributed by atoms with Crippen LogP contribution >= 0.6 is 0 Å². The Morgan fingerprint density at radius 3 is 2.81 bits per heavy atom. The van der Waals surface area contributed by atoms with Crippen LogP contribution in [0.4, 0.5) is 11.4 Å². The van der Waals surface area contributed by atoms with Crippen molar-refractivity contribution in [3.8, 4) is 0 Å². The normalized spacial score (nSPS) is 10.8. The lowest BCUT2D eigenvalue weighted by Crippen LogP contribution is -2.10. The minimum atomic E-state index is -0.514. The van der Waals surface area contributed by atoms with Crippen molar-refractivity contribution in [1.82, 2.24) is 9.97 Å². The topological polar surface area (TPSA) is 110 Å². The highest BCUT2D eigenvalue weighted by atomic mass is 16.6. The average Bonchev–Trinajstić information content (AvgIpc) is 2.65. The van der Waals surface area contributed by atoms with E-state index in [1.807, 2.05) is 30.3 Å². The molecule has 3 aromatic rings. The summed E-state index contributed by atoms with van der Waals surface area (Å²) in [6, 6.07) is 12.6. The zero-order valence-electron chi connectivity index (χ0n) is 14.0. The largest absolute Gasteiger partial charge is 0.379 e. The molecule has 0 amide bonds. The van der Waals surface area contributed by atoms with Gasteiger partial charge in [-0.15, -0.1) is 0 Å². The summed E-state index contributed by atoms with van der Waals surface area (Å²) in [5.41, 5.74) is 1.29. The highest BCUT2D eigenvalue weighted by Crippen LogP contribution is 2.27. The molecule has 0 fully saturated rings. The van der Waals surface area contributed by atoms with E-state index in [-0.39, 0.29) is 11.1 Å². The third-order valence-corrected chi connectivity index (χ3v) is 3.85. The second kappa shape index (κ2) is 8.21. The number of ether oxygens (including phenoxy) is 1. The Morgan fingerprint density at radius 2 is 2.04 bits per heavy atom. The SMILES string of the molecule is O=c1[nH]cnc2cc(NCCCOCc3ccccc3)c([N+](=O)[O-])cc12. The van der Waals surface area contributed by atoms with Crippen LogP contribution < -0.4 is 10.9 Å². The highest BCUT2D eigenvalue weighted by Gasteiger charge is 2.16. The van der Waals surface area contributed by atoms with Gasteiger partial charge < -0.3 is 15.0 Å². The van der Waals surface area contributed by atoms with Crippen molar-refractivity contribution >= 4 is 22.3 Å². The molecule has 0 unspecified atom stereocenters. The van der Waals surface area contributed by atoms with Gasteiger partial charge in [-0.2, -0.15) is 0 Å². The van der Waals surface area contributed by atoms with Crippen molar-refractivity contribution < 1.29 is 9.66 Å². The lowest BCUT2D eigenvalue weighted by Gasteiger charge is -2.09. The molecule has 2 aromatic carbocycles. The molecule has 134 valence electrons. The maximum absolute atomic E-state index is 11.8. The number of anilines is 1. The van der Waals surface area contributed by atoms with Gasteiger partial charge >= 0.3 is 0 Å². The predicted octanol–water partition coefficient (Wildman–Crippen LogP) is 2.85. The number of aromatic amines is 1. The summed E-state index contributed by atoms with van der Waals surface area (Å²) in [7, 11) is 0. The van der Waals surface area contributed by atoms with Crippen molar-refractivity contribution in [1.29, 1.82) is 0 Å². The Balaban J connectivity index is 1.59. The number of nitrogens with one attached hydrogen (secondary N) is 2. The second-order valence-electron chi connectivity index (χ2n) is 5.69. The number of hydrogen-bond donors (Lipinski definition) is 2. The van der Waals surface area contributed by atoms with Crippen LogP contribution in [-0.2, 0) is 11.3 Å². The molecule has 1 aromatic heterocycles. The number of fused-ring (bicyclic) bond motifs is 1. The number of benzene rings is 2. The number of nitro groups is 1. The summed E-state index contributed by atoms with van der Waals surface area (Å²) in [6.45, 7) is 1.56. The van der Waals surface area contributed by atoms with Gasteiger partial charge in [0.05, 0.1) is 28.8 Å². The Kier molecular flexibility index (Phi) is 5.55. The van der Waals surface area contributed by atoms with E-state index in [9.17, 15) is 14.9 Å². The van der Waals surface area contributed by atoms with Crippen LogP contribution in [0.3, 0.4) is 0 Å². The number of H-pyrrole nitrogens is 1. The van der Waals surface area contributed by atoms with Crippen LogP contribution in [0.25, 0.3) is 10.9 Å². The van der Waals surface area contributed by atoms with E-state index in [1.165, 1.54) is 18.5 Å². The molecule has 0 aliphatic carbocycles. The number of aromatic nitrogens is 2. The minimum absolute atomic E-state index is 0.152.